The van der Waals surface area contributed by atoms with Crippen LogP contribution in [0.5, 0.6) is 0 Å². The number of benzene rings is 1. The smallest absolute Gasteiger partial charge is 0.306 e. The fourth-order valence-electron chi connectivity index (χ4n) is 5.35. The van der Waals surface area contributed by atoms with Crippen molar-refractivity contribution in [1.29, 1.82) is 0 Å². The van der Waals surface area contributed by atoms with E-state index >= 15 is 0 Å². The standard InChI is InChI=1S/C33H54N4O5/c1-2-3-4-5-6-7-8-9-10-11-15-20-30(38)37-25-16-19-29(37)33(41)36-28(32(40)35-24-23-34)21-22-31(39)42-26-27-17-13-12-14-18-27/h12-14,17-18,28-29H,2-11,15-16,19-26,34H2,1H3,(H,35,40)(H,36,41). The van der Waals surface area contributed by atoms with Crippen LogP contribution in [0.2, 0.25) is 0 Å². The van der Waals surface area contributed by atoms with Gasteiger partial charge in [-0.15, -0.1) is 0 Å². The van der Waals surface area contributed by atoms with Gasteiger partial charge in [0.1, 0.15) is 18.7 Å². The number of hydrogen-bond acceptors (Lipinski definition) is 6. The molecule has 1 aromatic rings. The van der Waals surface area contributed by atoms with Gasteiger partial charge >= 0.3 is 5.97 Å². The molecule has 0 spiro atoms. The van der Waals surface area contributed by atoms with Crippen LogP contribution in [0.3, 0.4) is 0 Å². The van der Waals surface area contributed by atoms with E-state index in [-0.39, 0.29) is 44.4 Å². The van der Waals surface area contributed by atoms with Crippen molar-refractivity contribution >= 4 is 23.7 Å². The van der Waals surface area contributed by atoms with E-state index in [0.717, 1.165) is 31.2 Å². The maximum atomic E-state index is 13.2. The molecule has 1 aliphatic heterocycles. The number of amides is 3. The van der Waals surface area contributed by atoms with Crippen molar-refractivity contribution in [3.63, 3.8) is 0 Å². The number of unbranched alkanes of at least 4 members (excludes halogenated alkanes) is 10. The lowest BCUT2D eigenvalue weighted by atomic mass is 10.0. The maximum Gasteiger partial charge on any atom is 0.306 e. The fourth-order valence-corrected chi connectivity index (χ4v) is 5.35. The first-order valence-electron chi connectivity index (χ1n) is 16.2. The van der Waals surface area contributed by atoms with E-state index in [1.807, 2.05) is 30.3 Å². The Morgan fingerprint density at radius 1 is 0.929 bits per heavy atom. The number of carbonyl (C=O) groups is 4. The second kappa shape index (κ2) is 21.7. The topological polar surface area (TPSA) is 131 Å². The molecule has 1 aliphatic rings. The Morgan fingerprint density at radius 2 is 1.57 bits per heavy atom. The molecular formula is C33H54N4O5. The van der Waals surface area contributed by atoms with Crippen LogP contribution in [-0.4, -0.2) is 60.3 Å². The van der Waals surface area contributed by atoms with Crippen LogP contribution in [0.4, 0.5) is 0 Å². The second-order valence-electron chi connectivity index (χ2n) is 11.4. The number of likely N-dealkylation sites (tertiary alicyclic amines) is 1. The van der Waals surface area contributed by atoms with Gasteiger partial charge in [-0.3, -0.25) is 19.2 Å². The molecular weight excluding hydrogens is 532 g/mol. The zero-order valence-electron chi connectivity index (χ0n) is 25.7. The first-order valence-corrected chi connectivity index (χ1v) is 16.2. The molecule has 4 N–H and O–H groups in total. The number of nitrogens with zero attached hydrogens (tertiary/aromatic N) is 1. The molecule has 9 heteroatoms. The third kappa shape index (κ3) is 14.3. The summed E-state index contributed by atoms with van der Waals surface area (Å²) >= 11 is 0. The zero-order valence-corrected chi connectivity index (χ0v) is 25.7. The molecule has 2 unspecified atom stereocenters. The highest BCUT2D eigenvalue weighted by molar-refractivity contribution is 5.92. The Hall–Kier alpha value is -2.94. The molecule has 1 aromatic carbocycles. The SMILES string of the molecule is CCCCCCCCCCCCCC(=O)N1CCCC1C(=O)NC(CCC(=O)OCc1ccccc1)C(=O)NCCN. The van der Waals surface area contributed by atoms with E-state index in [0.29, 0.717) is 19.4 Å². The Labute approximate surface area is 252 Å². The van der Waals surface area contributed by atoms with Crippen LogP contribution < -0.4 is 16.4 Å². The lowest BCUT2D eigenvalue weighted by Crippen LogP contribution is -2.53. The highest BCUT2D eigenvalue weighted by atomic mass is 16.5. The largest absolute Gasteiger partial charge is 0.461 e. The molecule has 1 saturated heterocycles. The number of hydrogen-bond donors (Lipinski definition) is 3. The van der Waals surface area contributed by atoms with Crippen molar-refractivity contribution in [3.05, 3.63) is 35.9 Å². The molecule has 0 saturated carbocycles. The molecule has 1 heterocycles. The average molecular weight is 587 g/mol. The monoisotopic (exact) mass is 586 g/mol. The molecule has 1 fully saturated rings. The van der Waals surface area contributed by atoms with Gasteiger partial charge in [-0.25, -0.2) is 0 Å². The van der Waals surface area contributed by atoms with E-state index in [2.05, 4.69) is 17.6 Å². The Bertz CT molecular complexity index is 926. The Kier molecular flexibility index (Phi) is 18.2. The van der Waals surface area contributed by atoms with Crippen LogP contribution in [-0.2, 0) is 30.5 Å². The Morgan fingerprint density at radius 3 is 2.21 bits per heavy atom. The molecule has 2 rings (SSSR count). The molecule has 0 aromatic heterocycles. The fraction of sp³-hybridized carbons (Fsp3) is 0.697. The molecule has 9 nitrogen and oxygen atoms in total. The summed E-state index contributed by atoms with van der Waals surface area (Å²) in [6, 6.07) is 7.83. The summed E-state index contributed by atoms with van der Waals surface area (Å²) in [5.41, 5.74) is 6.40. The molecule has 0 radical (unpaired) electrons. The van der Waals surface area contributed by atoms with Crippen LogP contribution in [0, 0.1) is 0 Å². The number of rotatable bonds is 22. The van der Waals surface area contributed by atoms with Crippen molar-refractivity contribution in [1.82, 2.24) is 15.5 Å². The zero-order chi connectivity index (χ0) is 30.4. The van der Waals surface area contributed by atoms with Crippen LogP contribution in [0.25, 0.3) is 0 Å². The van der Waals surface area contributed by atoms with E-state index in [1.165, 1.54) is 51.4 Å². The van der Waals surface area contributed by atoms with Crippen molar-refractivity contribution in [2.45, 2.75) is 128 Å². The van der Waals surface area contributed by atoms with Crippen LogP contribution >= 0.6 is 0 Å². The minimum absolute atomic E-state index is 0.00260. The third-order valence-corrected chi connectivity index (χ3v) is 7.83. The Balaban J connectivity index is 1.76. The van der Waals surface area contributed by atoms with Crippen molar-refractivity contribution in [2.75, 3.05) is 19.6 Å². The quantitative estimate of drug-likeness (QED) is 0.133. The van der Waals surface area contributed by atoms with E-state index in [4.69, 9.17) is 10.5 Å². The number of nitrogens with one attached hydrogen (secondary N) is 2. The van der Waals surface area contributed by atoms with E-state index in [1.54, 1.807) is 4.90 Å². The van der Waals surface area contributed by atoms with Gasteiger partial charge in [0, 0.05) is 32.5 Å². The van der Waals surface area contributed by atoms with Gasteiger partial charge in [-0.1, -0.05) is 101 Å². The van der Waals surface area contributed by atoms with Gasteiger partial charge in [0.15, 0.2) is 0 Å². The third-order valence-electron chi connectivity index (χ3n) is 7.83. The average Bonchev–Trinajstić information content (AvgIpc) is 3.50. The van der Waals surface area contributed by atoms with Gasteiger partial charge in [0.2, 0.25) is 17.7 Å². The summed E-state index contributed by atoms with van der Waals surface area (Å²) in [5, 5.41) is 5.50. The summed E-state index contributed by atoms with van der Waals surface area (Å²) < 4.78 is 5.33. The van der Waals surface area contributed by atoms with Crippen molar-refractivity contribution < 1.29 is 23.9 Å². The van der Waals surface area contributed by atoms with E-state index < -0.39 is 24.0 Å². The van der Waals surface area contributed by atoms with E-state index in [9.17, 15) is 19.2 Å². The number of carbonyl (C=O) groups excluding carboxylic acids is 4. The van der Waals surface area contributed by atoms with Gasteiger partial charge in [0.05, 0.1) is 0 Å². The molecule has 3 amide bonds. The number of esters is 1. The molecule has 2 atom stereocenters. The minimum atomic E-state index is -0.919. The summed E-state index contributed by atoms with van der Waals surface area (Å²) in [6.07, 6.45) is 15.2. The summed E-state index contributed by atoms with van der Waals surface area (Å²) in [4.78, 5) is 53.0. The second-order valence-corrected chi connectivity index (χ2v) is 11.4. The first-order chi connectivity index (χ1) is 20.5. The predicted octanol–water partition coefficient (Wildman–Crippen LogP) is 4.76. The predicted molar refractivity (Wildman–Crippen MR) is 165 cm³/mol. The highest BCUT2D eigenvalue weighted by Gasteiger charge is 2.35. The molecule has 0 aliphatic carbocycles. The van der Waals surface area contributed by atoms with Crippen molar-refractivity contribution in [2.24, 2.45) is 5.73 Å². The molecule has 236 valence electrons. The lowest BCUT2D eigenvalue weighted by molar-refractivity contribution is -0.145. The summed E-state index contributed by atoms with van der Waals surface area (Å²) in [5.74, 6) is -1.21. The van der Waals surface area contributed by atoms with Crippen molar-refractivity contribution in [3.8, 4) is 0 Å². The van der Waals surface area contributed by atoms with Gasteiger partial charge in [-0.05, 0) is 31.2 Å². The summed E-state index contributed by atoms with van der Waals surface area (Å²) in [7, 11) is 0. The highest BCUT2D eigenvalue weighted by Crippen LogP contribution is 2.20. The summed E-state index contributed by atoms with van der Waals surface area (Å²) in [6.45, 7) is 3.45. The number of ether oxygens (including phenoxy) is 1. The van der Waals surface area contributed by atoms with Gasteiger partial charge < -0.3 is 26.0 Å². The van der Waals surface area contributed by atoms with Crippen LogP contribution in [0.1, 0.15) is 115 Å². The normalized spacial score (nSPS) is 15.3. The van der Waals surface area contributed by atoms with Crippen LogP contribution in [0.15, 0.2) is 30.3 Å². The van der Waals surface area contributed by atoms with Gasteiger partial charge in [0.25, 0.3) is 0 Å². The molecule has 42 heavy (non-hydrogen) atoms. The minimum Gasteiger partial charge on any atom is -0.461 e. The number of nitrogens with two attached hydrogens (primary N) is 1. The maximum absolute atomic E-state index is 13.2. The first kappa shape index (κ1) is 35.3. The molecule has 0 bridgehead atoms. The van der Waals surface area contributed by atoms with Gasteiger partial charge in [-0.2, -0.15) is 0 Å². The lowest BCUT2D eigenvalue weighted by Gasteiger charge is -2.26.